The van der Waals surface area contributed by atoms with Crippen molar-refractivity contribution in [2.75, 3.05) is 0 Å². The monoisotopic (exact) mass is 294 g/mol. The lowest BCUT2D eigenvalue weighted by molar-refractivity contribution is 0.0952. The van der Waals surface area contributed by atoms with E-state index in [2.05, 4.69) is 12.0 Å². The number of Topliss-reactive ketones (excluding diaryl/α,β-unsaturated/α-hetero) is 1. The number of aromatic nitrogens is 2. The number of fused-ring (bicyclic) bond motifs is 1. The van der Waals surface area contributed by atoms with Gasteiger partial charge in [0.25, 0.3) is 0 Å². The smallest absolute Gasteiger partial charge is 0.166 e. The molecule has 0 N–H and O–H groups in total. The van der Waals surface area contributed by atoms with E-state index in [9.17, 15) is 4.79 Å². The molecule has 0 fully saturated rings. The van der Waals surface area contributed by atoms with E-state index in [1.54, 1.807) is 23.0 Å². The summed E-state index contributed by atoms with van der Waals surface area (Å²) in [5.41, 5.74) is 2.41. The maximum absolute atomic E-state index is 12.0. The number of halogens is 2. The minimum atomic E-state index is 0.157. The van der Waals surface area contributed by atoms with Gasteiger partial charge in [0.2, 0.25) is 0 Å². The molecule has 0 saturated heterocycles. The van der Waals surface area contributed by atoms with Gasteiger partial charge in [-0.25, -0.2) is 4.68 Å². The molecule has 1 aliphatic carbocycles. The average molecular weight is 295 g/mol. The van der Waals surface area contributed by atoms with Crippen LogP contribution >= 0.6 is 23.2 Å². The highest BCUT2D eigenvalue weighted by Crippen LogP contribution is 2.30. The van der Waals surface area contributed by atoms with Crippen molar-refractivity contribution in [2.45, 2.75) is 19.8 Å². The van der Waals surface area contributed by atoms with Crippen LogP contribution in [0.5, 0.6) is 0 Å². The zero-order valence-electron chi connectivity index (χ0n) is 10.4. The van der Waals surface area contributed by atoms with E-state index in [0.717, 1.165) is 17.8 Å². The second kappa shape index (κ2) is 4.66. The largest absolute Gasteiger partial charge is 0.294 e. The predicted octanol–water partition coefficient (Wildman–Crippen LogP) is 3.94. The third-order valence-corrected chi connectivity index (χ3v) is 3.92. The van der Waals surface area contributed by atoms with E-state index >= 15 is 0 Å². The van der Waals surface area contributed by atoms with Crippen LogP contribution in [0, 0.1) is 5.92 Å². The van der Waals surface area contributed by atoms with Gasteiger partial charge in [0, 0.05) is 11.4 Å². The van der Waals surface area contributed by atoms with Gasteiger partial charge in [-0.05, 0) is 30.5 Å². The highest BCUT2D eigenvalue weighted by Gasteiger charge is 2.27. The summed E-state index contributed by atoms with van der Waals surface area (Å²) in [5, 5.41) is 5.43. The molecule has 1 heterocycles. The zero-order valence-corrected chi connectivity index (χ0v) is 11.9. The minimum absolute atomic E-state index is 0.157. The number of hydrogen-bond donors (Lipinski definition) is 0. The fraction of sp³-hybridized carbons (Fsp3) is 0.286. The van der Waals surface area contributed by atoms with Crippen LogP contribution in [0.1, 0.15) is 29.4 Å². The Labute approximate surface area is 121 Å². The standard InChI is InChI=1S/C14H12Cl2N2O/c1-8-4-13-10(14(19)5-8)7-17-18(13)12-3-2-9(15)6-11(12)16/h2-3,6-8H,4-5H2,1H3. The van der Waals surface area contributed by atoms with Crippen molar-refractivity contribution in [1.82, 2.24) is 9.78 Å². The molecule has 1 aliphatic rings. The van der Waals surface area contributed by atoms with Crippen molar-refractivity contribution in [3.63, 3.8) is 0 Å². The summed E-state index contributed by atoms with van der Waals surface area (Å²) in [5.74, 6) is 0.492. The lowest BCUT2D eigenvalue weighted by Crippen LogP contribution is -2.19. The molecule has 0 radical (unpaired) electrons. The van der Waals surface area contributed by atoms with Crippen LogP contribution in [-0.4, -0.2) is 15.6 Å². The van der Waals surface area contributed by atoms with E-state index in [4.69, 9.17) is 23.2 Å². The van der Waals surface area contributed by atoms with Crippen molar-refractivity contribution >= 4 is 29.0 Å². The summed E-state index contributed by atoms with van der Waals surface area (Å²) in [6, 6.07) is 5.27. The first kappa shape index (κ1) is 12.7. The third-order valence-electron chi connectivity index (χ3n) is 3.38. The molecule has 3 rings (SSSR count). The number of rotatable bonds is 1. The van der Waals surface area contributed by atoms with Gasteiger partial charge in [-0.15, -0.1) is 0 Å². The second-order valence-corrected chi connectivity index (χ2v) is 5.79. The van der Waals surface area contributed by atoms with Crippen LogP contribution in [-0.2, 0) is 6.42 Å². The fourth-order valence-corrected chi connectivity index (χ4v) is 2.98. The third kappa shape index (κ3) is 2.17. The Kier molecular flexibility index (Phi) is 3.11. The molecular weight excluding hydrogens is 283 g/mol. The topological polar surface area (TPSA) is 34.9 Å². The van der Waals surface area contributed by atoms with Crippen molar-refractivity contribution in [1.29, 1.82) is 0 Å². The number of hydrogen-bond acceptors (Lipinski definition) is 2. The molecule has 1 aromatic heterocycles. The van der Waals surface area contributed by atoms with Crippen LogP contribution in [0.25, 0.3) is 5.69 Å². The van der Waals surface area contributed by atoms with Gasteiger partial charge < -0.3 is 0 Å². The van der Waals surface area contributed by atoms with E-state index in [1.807, 2.05) is 6.07 Å². The molecule has 0 bridgehead atoms. The first-order chi connectivity index (χ1) is 9.06. The van der Waals surface area contributed by atoms with Crippen molar-refractivity contribution in [3.8, 4) is 5.69 Å². The van der Waals surface area contributed by atoms with Crippen molar-refractivity contribution in [2.24, 2.45) is 5.92 Å². The molecule has 1 atom stereocenters. The van der Waals surface area contributed by atoms with Gasteiger partial charge in [0.1, 0.15) is 0 Å². The number of nitrogens with zero attached hydrogens (tertiary/aromatic N) is 2. The Morgan fingerprint density at radius 1 is 1.32 bits per heavy atom. The van der Waals surface area contributed by atoms with Gasteiger partial charge in [-0.3, -0.25) is 4.79 Å². The summed E-state index contributed by atoms with van der Waals surface area (Å²) >= 11 is 12.1. The number of carbonyl (C=O) groups excluding carboxylic acids is 1. The summed E-state index contributed by atoms with van der Waals surface area (Å²) in [7, 11) is 0. The Bertz CT molecular complexity index is 663. The fourth-order valence-electron chi connectivity index (χ4n) is 2.49. The zero-order chi connectivity index (χ0) is 13.6. The molecule has 0 saturated carbocycles. The van der Waals surface area contributed by atoms with E-state index in [-0.39, 0.29) is 5.78 Å². The molecule has 0 spiro atoms. The molecular formula is C14H12Cl2N2O. The van der Waals surface area contributed by atoms with Crippen LogP contribution < -0.4 is 0 Å². The van der Waals surface area contributed by atoms with Crippen molar-refractivity contribution in [3.05, 3.63) is 45.7 Å². The Morgan fingerprint density at radius 2 is 2.11 bits per heavy atom. The van der Waals surface area contributed by atoms with E-state index in [0.29, 0.717) is 27.9 Å². The Morgan fingerprint density at radius 3 is 2.84 bits per heavy atom. The highest BCUT2D eigenvalue weighted by molar-refractivity contribution is 6.35. The lowest BCUT2D eigenvalue weighted by Gasteiger charge is -2.19. The quantitative estimate of drug-likeness (QED) is 0.798. The number of ketones is 1. The van der Waals surface area contributed by atoms with Crippen LogP contribution in [0.2, 0.25) is 10.0 Å². The molecule has 0 amide bonds. The summed E-state index contributed by atoms with van der Waals surface area (Å²) in [6.45, 7) is 2.07. The maximum Gasteiger partial charge on any atom is 0.166 e. The van der Waals surface area contributed by atoms with E-state index in [1.165, 1.54) is 0 Å². The molecule has 3 nitrogen and oxygen atoms in total. The van der Waals surface area contributed by atoms with Gasteiger partial charge in [-0.2, -0.15) is 5.10 Å². The molecule has 2 aromatic rings. The Balaban J connectivity index is 2.14. The first-order valence-electron chi connectivity index (χ1n) is 6.12. The summed E-state index contributed by atoms with van der Waals surface area (Å²) < 4.78 is 1.75. The van der Waals surface area contributed by atoms with Gasteiger partial charge >= 0.3 is 0 Å². The van der Waals surface area contributed by atoms with E-state index < -0.39 is 0 Å². The lowest BCUT2D eigenvalue weighted by atomic mass is 9.88. The summed E-state index contributed by atoms with van der Waals surface area (Å²) in [4.78, 5) is 12.0. The van der Waals surface area contributed by atoms with Gasteiger partial charge in [-0.1, -0.05) is 30.1 Å². The van der Waals surface area contributed by atoms with Gasteiger partial charge in [0.15, 0.2) is 5.78 Å². The van der Waals surface area contributed by atoms with Crippen LogP contribution in [0.3, 0.4) is 0 Å². The molecule has 98 valence electrons. The minimum Gasteiger partial charge on any atom is -0.294 e. The molecule has 1 unspecified atom stereocenters. The Hall–Kier alpha value is -1.32. The maximum atomic E-state index is 12.0. The number of benzene rings is 1. The number of carbonyl (C=O) groups is 1. The molecule has 19 heavy (non-hydrogen) atoms. The average Bonchev–Trinajstić information content (AvgIpc) is 2.73. The molecule has 1 aromatic carbocycles. The normalized spacial score (nSPS) is 18.5. The van der Waals surface area contributed by atoms with Crippen LogP contribution in [0.4, 0.5) is 0 Å². The first-order valence-corrected chi connectivity index (χ1v) is 6.87. The van der Waals surface area contributed by atoms with Crippen LogP contribution in [0.15, 0.2) is 24.4 Å². The van der Waals surface area contributed by atoms with Gasteiger partial charge in [0.05, 0.1) is 28.2 Å². The molecule has 5 heteroatoms. The highest BCUT2D eigenvalue weighted by atomic mass is 35.5. The predicted molar refractivity (Wildman–Crippen MR) is 75.4 cm³/mol. The SMILES string of the molecule is CC1CC(=O)c2cnn(-c3ccc(Cl)cc3Cl)c2C1. The second-order valence-electron chi connectivity index (χ2n) is 4.95. The van der Waals surface area contributed by atoms with Crippen molar-refractivity contribution < 1.29 is 4.79 Å². The summed E-state index contributed by atoms with van der Waals surface area (Å²) in [6.07, 6.45) is 3.06. The molecule has 0 aliphatic heterocycles.